The highest BCUT2D eigenvalue weighted by atomic mass is 15.2. The third-order valence-electron chi connectivity index (χ3n) is 6.08. The molecule has 18 heavy (non-hydrogen) atoms. The molecule has 1 N–H and O–H groups in total. The Kier molecular flexibility index (Phi) is 3.44. The summed E-state index contributed by atoms with van der Waals surface area (Å²) < 4.78 is 0. The minimum atomic E-state index is 0.495. The summed E-state index contributed by atoms with van der Waals surface area (Å²) in [5.41, 5.74) is 0.495. The zero-order chi connectivity index (χ0) is 12.8. The summed E-state index contributed by atoms with van der Waals surface area (Å²) in [6.07, 6.45) is 7.33. The molecule has 1 aliphatic heterocycles. The predicted molar refractivity (Wildman–Crippen MR) is 76.6 cm³/mol. The van der Waals surface area contributed by atoms with E-state index in [1.807, 2.05) is 0 Å². The van der Waals surface area contributed by atoms with Gasteiger partial charge < -0.3 is 10.2 Å². The first-order chi connectivity index (χ1) is 8.60. The highest BCUT2D eigenvalue weighted by Crippen LogP contribution is 2.43. The van der Waals surface area contributed by atoms with Gasteiger partial charge in [-0.2, -0.15) is 0 Å². The number of hydrogen-bond donors (Lipinski definition) is 1. The third-order valence-corrected chi connectivity index (χ3v) is 6.08. The van der Waals surface area contributed by atoms with Crippen molar-refractivity contribution in [2.75, 3.05) is 26.7 Å². The molecule has 1 saturated heterocycles. The first-order valence-corrected chi connectivity index (χ1v) is 8.00. The fraction of sp³-hybridized carbons (Fsp3) is 1.00. The summed E-state index contributed by atoms with van der Waals surface area (Å²) >= 11 is 0. The number of rotatable bonds is 3. The Morgan fingerprint density at radius 1 is 1.11 bits per heavy atom. The average Bonchev–Trinajstić information content (AvgIpc) is 2.92. The Bertz CT molecular complexity index is 287. The van der Waals surface area contributed by atoms with Crippen LogP contribution in [0.3, 0.4) is 0 Å². The molecule has 2 aliphatic carbocycles. The lowest BCUT2D eigenvalue weighted by Crippen LogP contribution is -2.43. The molecule has 0 amide bonds. The van der Waals surface area contributed by atoms with Crippen LogP contribution < -0.4 is 5.32 Å². The maximum absolute atomic E-state index is 3.60. The molecule has 104 valence electrons. The van der Waals surface area contributed by atoms with E-state index >= 15 is 0 Å². The quantitative estimate of drug-likeness (QED) is 0.828. The lowest BCUT2D eigenvalue weighted by molar-refractivity contribution is 0.203. The van der Waals surface area contributed by atoms with Crippen LogP contribution in [0.15, 0.2) is 0 Å². The third kappa shape index (κ3) is 2.22. The lowest BCUT2D eigenvalue weighted by Gasteiger charge is -2.32. The van der Waals surface area contributed by atoms with Crippen molar-refractivity contribution in [1.29, 1.82) is 0 Å². The second-order valence-electron chi connectivity index (χ2n) is 7.72. The molecule has 3 rings (SSSR count). The van der Waals surface area contributed by atoms with Crippen molar-refractivity contribution in [3.8, 4) is 0 Å². The van der Waals surface area contributed by atoms with Crippen LogP contribution in [-0.2, 0) is 0 Å². The van der Waals surface area contributed by atoms with Crippen LogP contribution in [0.25, 0.3) is 0 Å². The van der Waals surface area contributed by atoms with Crippen LogP contribution >= 0.6 is 0 Å². The van der Waals surface area contributed by atoms with Gasteiger partial charge in [-0.05, 0) is 55.9 Å². The Morgan fingerprint density at radius 2 is 1.78 bits per heavy atom. The SMILES string of the molecule is CNC1C(CN2CC3CCCC3C2)CCC1(C)C. The topological polar surface area (TPSA) is 15.3 Å². The molecule has 1 heterocycles. The van der Waals surface area contributed by atoms with E-state index in [0.29, 0.717) is 5.41 Å². The minimum Gasteiger partial charge on any atom is -0.316 e. The molecule has 2 saturated carbocycles. The van der Waals surface area contributed by atoms with Crippen molar-refractivity contribution in [3.63, 3.8) is 0 Å². The summed E-state index contributed by atoms with van der Waals surface area (Å²) in [4.78, 5) is 2.78. The van der Waals surface area contributed by atoms with Crippen molar-refractivity contribution >= 4 is 0 Å². The molecular formula is C16H30N2. The maximum Gasteiger partial charge on any atom is 0.0156 e. The van der Waals surface area contributed by atoms with E-state index in [0.717, 1.165) is 23.8 Å². The molecule has 0 aromatic carbocycles. The Balaban J connectivity index is 1.57. The lowest BCUT2D eigenvalue weighted by atomic mass is 9.85. The van der Waals surface area contributed by atoms with Crippen molar-refractivity contribution in [2.45, 2.75) is 52.0 Å². The average molecular weight is 250 g/mol. The van der Waals surface area contributed by atoms with Gasteiger partial charge in [-0.3, -0.25) is 0 Å². The van der Waals surface area contributed by atoms with Crippen molar-refractivity contribution < 1.29 is 0 Å². The normalized spacial score (nSPS) is 43.5. The number of fused-ring (bicyclic) bond motifs is 1. The van der Waals surface area contributed by atoms with E-state index in [9.17, 15) is 0 Å². The molecule has 0 aromatic heterocycles. The van der Waals surface area contributed by atoms with Gasteiger partial charge in [-0.25, -0.2) is 0 Å². The molecule has 0 radical (unpaired) electrons. The van der Waals surface area contributed by atoms with Crippen LogP contribution in [0.2, 0.25) is 0 Å². The fourth-order valence-corrected chi connectivity index (χ4v) is 5.15. The predicted octanol–water partition coefficient (Wildman–Crippen LogP) is 2.74. The highest BCUT2D eigenvalue weighted by molar-refractivity contribution is 4.98. The van der Waals surface area contributed by atoms with Gasteiger partial charge in [-0.15, -0.1) is 0 Å². The summed E-state index contributed by atoms with van der Waals surface area (Å²) in [7, 11) is 2.16. The zero-order valence-electron chi connectivity index (χ0n) is 12.4. The van der Waals surface area contributed by atoms with Gasteiger partial charge in [0.15, 0.2) is 0 Å². The molecule has 2 heteroatoms. The van der Waals surface area contributed by atoms with Crippen molar-refractivity contribution in [1.82, 2.24) is 10.2 Å². The van der Waals surface area contributed by atoms with Gasteiger partial charge in [0.2, 0.25) is 0 Å². The molecule has 0 aromatic rings. The van der Waals surface area contributed by atoms with Crippen LogP contribution in [0.1, 0.15) is 46.0 Å². The van der Waals surface area contributed by atoms with Gasteiger partial charge in [0.25, 0.3) is 0 Å². The summed E-state index contributed by atoms with van der Waals surface area (Å²) in [5.74, 6) is 2.98. The fourth-order valence-electron chi connectivity index (χ4n) is 5.15. The molecule has 4 unspecified atom stereocenters. The second-order valence-corrected chi connectivity index (χ2v) is 7.72. The first kappa shape index (κ1) is 12.9. The first-order valence-electron chi connectivity index (χ1n) is 8.00. The number of hydrogen-bond acceptors (Lipinski definition) is 2. The van der Waals surface area contributed by atoms with E-state index in [1.165, 1.54) is 51.7 Å². The Hall–Kier alpha value is -0.0800. The number of nitrogens with one attached hydrogen (secondary N) is 1. The van der Waals surface area contributed by atoms with Gasteiger partial charge in [0.1, 0.15) is 0 Å². The number of likely N-dealkylation sites (tertiary alicyclic amines) is 1. The van der Waals surface area contributed by atoms with E-state index < -0.39 is 0 Å². The van der Waals surface area contributed by atoms with E-state index in [2.05, 4.69) is 31.1 Å². The molecule has 3 fully saturated rings. The summed E-state index contributed by atoms with van der Waals surface area (Å²) in [6, 6.07) is 0.720. The number of nitrogens with zero attached hydrogens (tertiary/aromatic N) is 1. The summed E-state index contributed by atoms with van der Waals surface area (Å²) in [5, 5.41) is 3.60. The van der Waals surface area contributed by atoms with Crippen molar-refractivity contribution in [3.05, 3.63) is 0 Å². The second kappa shape index (κ2) is 4.79. The Labute approximate surface area is 113 Å². The molecule has 4 atom stereocenters. The van der Waals surface area contributed by atoms with E-state index in [4.69, 9.17) is 0 Å². The van der Waals surface area contributed by atoms with Gasteiger partial charge in [0, 0.05) is 25.7 Å². The molecule has 0 bridgehead atoms. The van der Waals surface area contributed by atoms with E-state index in [-0.39, 0.29) is 0 Å². The molecular weight excluding hydrogens is 220 g/mol. The smallest absolute Gasteiger partial charge is 0.0156 e. The van der Waals surface area contributed by atoms with Gasteiger partial charge >= 0.3 is 0 Å². The molecule has 2 nitrogen and oxygen atoms in total. The van der Waals surface area contributed by atoms with Crippen LogP contribution in [0.4, 0.5) is 0 Å². The van der Waals surface area contributed by atoms with Gasteiger partial charge in [-0.1, -0.05) is 20.3 Å². The largest absolute Gasteiger partial charge is 0.316 e. The molecule has 3 aliphatic rings. The van der Waals surface area contributed by atoms with Crippen LogP contribution in [0.5, 0.6) is 0 Å². The summed E-state index contributed by atoms with van der Waals surface area (Å²) in [6.45, 7) is 9.03. The van der Waals surface area contributed by atoms with Crippen molar-refractivity contribution in [2.24, 2.45) is 23.2 Å². The highest BCUT2D eigenvalue weighted by Gasteiger charge is 2.43. The van der Waals surface area contributed by atoms with Gasteiger partial charge in [0.05, 0.1) is 0 Å². The molecule has 0 spiro atoms. The minimum absolute atomic E-state index is 0.495. The standard InChI is InChI=1S/C16H30N2/c1-16(2)8-7-14(15(16)17-3)11-18-9-12-5-4-6-13(12)10-18/h12-15,17H,4-11H2,1-3H3. The zero-order valence-corrected chi connectivity index (χ0v) is 12.4. The monoisotopic (exact) mass is 250 g/mol. The van der Waals surface area contributed by atoms with Crippen LogP contribution in [-0.4, -0.2) is 37.6 Å². The van der Waals surface area contributed by atoms with E-state index in [1.54, 1.807) is 0 Å². The van der Waals surface area contributed by atoms with Crippen LogP contribution in [0, 0.1) is 23.2 Å². The maximum atomic E-state index is 3.60. The Morgan fingerprint density at radius 3 is 2.39 bits per heavy atom.